The van der Waals surface area contributed by atoms with Gasteiger partial charge in [0, 0.05) is 80.2 Å². The van der Waals surface area contributed by atoms with E-state index < -0.39 is 0 Å². The Bertz CT molecular complexity index is 1110. The molecule has 3 saturated heterocycles. The maximum Gasteiger partial charge on any atom is 0.320 e. The zero-order valence-corrected chi connectivity index (χ0v) is 18.2. The van der Waals surface area contributed by atoms with Crippen LogP contribution in [0.4, 0.5) is 4.79 Å². The molecule has 0 unspecified atom stereocenters. The van der Waals surface area contributed by atoms with Crippen molar-refractivity contribution in [2.75, 3.05) is 39.3 Å². The van der Waals surface area contributed by atoms with Gasteiger partial charge in [0.15, 0.2) is 5.82 Å². The first-order valence-corrected chi connectivity index (χ1v) is 11.8. The SMILES string of the molecule is O=C(N1CC2(CC(c3nc(C4CC4)n[nH]3)C2)C1)N1CC2(CN(Cc3ccc[nH]c3=O)C2)C1. The number of carbonyl (C=O) groups excluding carboxylic acids is 1. The summed E-state index contributed by atoms with van der Waals surface area (Å²) in [5.41, 5.74) is 1.36. The van der Waals surface area contributed by atoms with Crippen molar-refractivity contribution in [1.29, 1.82) is 0 Å². The van der Waals surface area contributed by atoms with Crippen molar-refractivity contribution in [2.45, 2.75) is 44.1 Å². The maximum atomic E-state index is 12.9. The molecule has 5 heterocycles. The van der Waals surface area contributed by atoms with E-state index in [9.17, 15) is 9.59 Å². The zero-order chi connectivity index (χ0) is 21.5. The molecule has 7 rings (SSSR count). The topological polar surface area (TPSA) is 101 Å². The van der Waals surface area contributed by atoms with E-state index in [-0.39, 0.29) is 17.0 Å². The molecule has 0 atom stereocenters. The number of nitrogens with zero attached hydrogens (tertiary/aromatic N) is 5. The molecule has 0 radical (unpaired) electrons. The standard InChI is InChI=1S/C23H29N7O2/c31-20-16(2-1-5-24-20)8-28-9-23(10-28)13-30(14-23)21(32)29-11-22(12-29)6-17(7-22)19-25-18(26-27-19)15-3-4-15/h1-2,5,15,17H,3-4,6-14H2,(H,24,31)(H,25,26,27). The van der Waals surface area contributed by atoms with E-state index in [1.54, 1.807) is 6.20 Å². The number of likely N-dealkylation sites (tertiary alicyclic amines) is 3. The fourth-order valence-corrected chi connectivity index (χ4v) is 6.47. The third-order valence-corrected chi connectivity index (χ3v) is 8.27. The van der Waals surface area contributed by atoms with Crippen LogP contribution in [0.5, 0.6) is 0 Å². The summed E-state index contributed by atoms with van der Waals surface area (Å²) in [7, 11) is 0. The summed E-state index contributed by atoms with van der Waals surface area (Å²) < 4.78 is 0. The van der Waals surface area contributed by atoms with Gasteiger partial charge in [0.25, 0.3) is 5.56 Å². The van der Waals surface area contributed by atoms with Gasteiger partial charge in [-0.05, 0) is 31.7 Å². The third kappa shape index (κ3) is 2.93. The monoisotopic (exact) mass is 435 g/mol. The van der Waals surface area contributed by atoms with E-state index in [4.69, 9.17) is 4.98 Å². The molecule has 2 N–H and O–H groups in total. The molecule has 0 aromatic carbocycles. The van der Waals surface area contributed by atoms with Crippen molar-refractivity contribution in [3.63, 3.8) is 0 Å². The minimum Gasteiger partial charge on any atom is -0.329 e. The van der Waals surface area contributed by atoms with Gasteiger partial charge in [0.2, 0.25) is 0 Å². The number of hydrogen-bond donors (Lipinski definition) is 2. The van der Waals surface area contributed by atoms with Crippen LogP contribution in [0.25, 0.3) is 0 Å². The normalized spacial score (nSPS) is 25.9. The van der Waals surface area contributed by atoms with Crippen LogP contribution in [0.1, 0.15) is 54.7 Å². The lowest BCUT2D eigenvalue weighted by molar-refractivity contribution is -0.117. The molecular formula is C23H29N7O2. The highest BCUT2D eigenvalue weighted by molar-refractivity contribution is 5.77. The molecular weight excluding hydrogens is 406 g/mol. The molecule has 2 aromatic heterocycles. The van der Waals surface area contributed by atoms with Gasteiger partial charge in [0.05, 0.1) is 0 Å². The molecule has 168 valence electrons. The number of rotatable bonds is 4. The lowest BCUT2D eigenvalue weighted by atomic mass is 9.57. The minimum atomic E-state index is -0.00419. The molecule has 5 aliphatic rings. The summed E-state index contributed by atoms with van der Waals surface area (Å²) in [6.07, 6.45) is 6.36. The van der Waals surface area contributed by atoms with Gasteiger partial charge in [-0.3, -0.25) is 14.8 Å². The number of hydrogen-bond acceptors (Lipinski definition) is 5. The van der Waals surface area contributed by atoms with Crippen LogP contribution in [0.2, 0.25) is 0 Å². The van der Waals surface area contributed by atoms with Gasteiger partial charge in [-0.25, -0.2) is 9.78 Å². The molecule has 2 amide bonds. The lowest BCUT2D eigenvalue weighted by Gasteiger charge is -2.63. The summed E-state index contributed by atoms with van der Waals surface area (Å²) in [5, 5.41) is 7.55. The average molecular weight is 436 g/mol. The Kier molecular flexibility index (Phi) is 3.79. The summed E-state index contributed by atoms with van der Waals surface area (Å²) in [4.78, 5) is 38.5. The van der Waals surface area contributed by atoms with E-state index in [1.807, 2.05) is 21.9 Å². The number of aromatic nitrogens is 4. The molecule has 32 heavy (non-hydrogen) atoms. The predicted octanol–water partition coefficient (Wildman–Crippen LogP) is 1.49. The van der Waals surface area contributed by atoms with Crippen LogP contribution in [0.3, 0.4) is 0 Å². The second kappa shape index (κ2) is 6.43. The van der Waals surface area contributed by atoms with Crippen LogP contribution in [-0.4, -0.2) is 80.2 Å². The zero-order valence-electron chi connectivity index (χ0n) is 18.2. The van der Waals surface area contributed by atoms with Gasteiger partial charge in [0.1, 0.15) is 5.82 Å². The largest absolute Gasteiger partial charge is 0.329 e. The highest BCUT2D eigenvalue weighted by atomic mass is 16.2. The fraction of sp³-hybridized carbons (Fsp3) is 0.652. The summed E-state index contributed by atoms with van der Waals surface area (Å²) in [5.74, 6) is 3.13. The molecule has 2 aliphatic carbocycles. The van der Waals surface area contributed by atoms with Crippen molar-refractivity contribution in [3.05, 3.63) is 45.9 Å². The van der Waals surface area contributed by atoms with Crippen molar-refractivity contribution in [3.8, 4) is 0 Å². The Morgan fingerprint density at radius 1 is 1.03 bits per heavy atom. The van der Waals surface area contributed by atoms with Crippen LogP contribution < -0.4 is 5.56 Å². The average Bonchev–Trinajstić information content (AvgIpc) is 3.40. The number of aromatic amines is 2. The van der Waals surface area contributed by atoms with E-state index in [0.717, 1.165) is 69.3 Å². The molecule has 9 heteroatoms. The molecule has 2 spiro atoms. The first-order valence-electron chi connectivity index (χ1n) is 11.8. The molecule has 0 bridgehead atoms. The van der Waals surface area contributed by atoms with Crippen LogP contribution in [0.15, 0.2) is 23.1 Å². The van der Waals surface area contributed by atoms with Crippen LogP contribution >= 0.6 is 0 Å². The molecule has 5 fully saturated rings. The van der Waals surface area contributed by atoms with E-state index in [2.05, 4.69) is 20.1 Å². The van der Waals surface area contributed by atoms with Crippen molar-refractivity contribution >= 4 is 6.03 Å². The van der Waals surface area contributed by atoms with Gasteiger partial charge >= 0.3 is 6.03 Å². The Balaban J connectivity index is 0.862. The highest BCUT2D eigenvalue weighted by Gasteiger charge is 2.58. The highest BCUT2D eigenvalue weighted by Crippen LogP contribution is 2.56. The Morgan fingerprint density at radius 3 is 2.44 bits per heavy atom. The lowest BCUT2D eigenvalue weighted by Crippen LogP contribution is -2.75. The number of H-pyrrole nitrogens is 2. The van der Waals surface area contributed by atoms with Gasteiger partial charge < -0.3 is 14.8 Å². The number of pyridine rings is 1. The number of carbonyl (C=O) groups is 1. The first-order chi connectivity index (χ1) is 15.5. The molecule has 9 nitrogen and oxygen atoms in total. The number of nitrogens with one attached hydrogen (secondary N) is 2. The first kappa shape index (κ1) is 18.8. The fourth-order valence-electron chi connectivity index (χ4n) is 6.47. The van der Waals surface area contributed by atoms with Crippen molar-refractivity contribution < 1.29 is 4.79 Å². The van der Waals surface area contributed by atoms with Crippen molar-refractivity contribution in [2.24, 2.45) is 10.8 Å². The van der Waals surface area contributed by atoms with Gasteiger partial charge in [-0.2, -0.15) is 5.10 Å². The maximum absolute atomic E-state index is 12.9. The molecule has 2 aromatic rings. The molecule has 2 saturated carbocycles. The van der Waals surface area contributed by atoms with Crippen LogP contribution in [-0.2, 0) is 6.54 Å². The summed E-state index contributed by atoms with van der Waals surface area (Å²) >= 11 is 0. The van der Waals surface area contributed by atoms with E-state index >= 15 is 0 Å². The van der Waals surface area contributed by atoms with Gasteiger partial charge in [-0.15, -0.1) is 0 Å². The second-order valence-electron chi connectivity index (χ2n) is 11.1. The van der Waals surface area contributed by atoms with Crippen molar-refractivity contribution in [1.82, 2.24) is 34.9 Å². The Hall–Kier alpha value is -2.68. The second-order valence-corrected chi connectivity index (χ2v) is 11.1. The Morgan fingerprint density at radius 2 is 1.75 bits per heavy atom. The minimum absolute atomic E-state index is 0.00419. The number of amides is 2. The van der Waals surface area contributed by atoms with Crippen LogP contribution in [0, 0.1) is 10.8 Å². The third-order valence-electron chi connectivity index (χ3n) is 8.27. The predicted molar refractivity (Wildman–Crippen MR) is 116 cm³/mol. The smallest absolute Gasteiger partial charge is 0.320 e. The summed E-state index contributed by atoms with van der Waals surface area (Å²) in [6.45, 7) is 6.10. The molecule has 3 aliphatic heterocycles. The number of urea groups is 1. The quantitative estimate of drug-likeness (QED) is 0.758. The Labute approximate surface area is 186 Å². The van der Waals surface area contributed by atoms with E-state index in [0.29, 0.717) is 23.8 Å². The summed E-state index contributed by atoms with van der Waals surface area (Å²) in [6, 6.07) is 3.97. The van der Waals surface area contributed by atoms with Gasteiger partial charge in [-0.1, -0.05) is 6.07 Å². The van der Waals surface area contributed by atoms with E-state index in [1.165, 1.54) is 12.8 Å².